The third kappa shape index (κ3) is 39.6. The fraction of sp³-hybridized carbons (Fsp3) is 0.935. The molecular formula is C46H88O6. The van der Waals surface area contributed by atoms with Gasteiger partial charge in [0, 0.05) is 19.3 Å². The molecule has 308 valence electrons. The van der Waals surface area contributed by atoms with Crippen molar-refractivity contribution >= 4 is 17.9 Å². The molecule has 0 amide bonds. The van der Waals surface area contributed by atoms with Crippen LogP contribution in [-0.2, 0) is 28.6 Å². The van der Waals surface area contributed by atoms with Crippen LogP contribution in [0, 0.1) is 11.8 Å². The molecule has 6 heteroatoms. The van der Waals surface area contributed by atoms with Gasteiger partial charge in [0.15, 0.2) is 6.10 Å². The first kappa shape index (κ1) is 50.4. The van der Waals surface area contributed by atoms with Crippen molar-refractivity contribution in [2.75, 3.05) is 13.2 Å². The minimum Gasteiger partial charge on any atom is -0.462 e. The fourth-order valence-corrected chi connectivity index (χ4v) is 6.75. The van der Waals surface area contributed by atoms with Gasteiger partial charge in [-0.1, -0.05) is 208 Å². The Bertz CT molecular complexity index is 794. The highest BCUT2D eigenvalue weighted by molar-refractivity contribution is 5.71. The fourth-order valence-electron chi connectivity index (χ4n) is 6.75. The van der Waals surface area contributed by atoms with E-state index < -0.39 is 6.10 Å². The first-order chi connectivity index (χ1) is 25.2. The zero-order chi connectivity index (χ0) is 38.3. The Hall–Kier alpha value is -1.59. The van der Waals surface area contributed by atoms with Gasteiger partial charge < -0.3 is 14.2 Å². The standard InChI is InChI=1S/C46H88O6/c1-6-7-8-9-10-16-21-28-33-38-46(49)52-43(40-51-45(48)37-32-27-23-22-25-30-35-42(4)5)39-50-44(47)36-31-26-20-18-15-13-11-12-14-17-19-24-29-34-41(2)3/h41-43H,6-40H2,1-5H3/t43-/m0/s1. The summed E-state index contributed by atoms with van der Waals surface area (Å²) in [5.41, 5.74) is 0. The quantitative estimate of drug-likeness (QED) is 0.0354. The Morgan fingerprint density at radius 2 is 0.635 bits per heavy atom. The van der Waals surface area contributed by atoms with Crippen LogP contribution in [0.3, 0.4) is 0 Å². The molecule has 0 aromatic rings. The van der Waals surface area contributed by atoms with Crippen LogP contribution in [0.4, 0.5) is 0 Å². The monoisotopic (exact) mass is 737 g/mol. The molecular weight excluding hydrogens is 649 g/mol. The summed E-state index contributed by atoms with van der Waals surface area (Å²) in [4.78, 5) is 37.6. The molecule has 0 aromatic carbocycles. The maximum absolute atomic E-state index is 12.6. The molecule has 1 atom stereocenters. The summed E-state index contributed by atoms with van der Waals surface area (Å²) < 4.78 is 16.7. The summed E-state index contributed by atoms with van der Waals surface area (Å²) in [5, 5.41) is 0. The Balaban J connectivity index is 4.25. The first-order valence-corrected chi connectivity index (χ1v) is 22.7. The molecule has 52 heavy (non-hydrogen) atoms. The molecule has 0 fully saturated rings. The number of carbonyl (C=O) groups is 3. The average molecular weight is 737 g/mol. The smallest absolute Gasteiger partial charge is 0.306 e. The molecule has 0 N–H and O–H groups in total. The lowest BCUT2D eigenvalue weighted by Crippen LogP contribution is -2.30. The van der Waals surface area contributed by atoms with Gasteiger partial charge in [-0.25, -0.2) is 0 Å². The van der Waals surface area contributed by atoms with Gasteiger partial charge in [-0.15, -0.1) is 0 Å². The van der Waals surface area contributed by atoms with E-state index in [9.17, 15) is 14.4 Å². The number of hydrogen-bond donors (Lipinski definition) is 0. The topological polar surface area (TPSA) is 78.9 Å². The zero-order valence-corrected chi connectivity index (χ0v) is 35.4. The number of hydrogen-bond acceptors (Lipinski definition) is 6. The molecule has 0 radical (unpaired) electrons. The third-order valence-electron chi connectivity index (χ3n) is 10.2. The van der Waals surface area contributed by atoms with Crippen LogP contribution in [0.2, 0.25) is 0 Å². The molecule has 0 rings (SSSR count). The predicted octanol–water partition coefficient (Wildman–Crippen LogP) is 14.2. The molecule has 0 aliphatic heterocycles. The Labute approximate surface area is 323 Å². The van der Waals surface area contributed by atoms with E-state index in [0.717, 1.165) is 69.6 Å². The minimum atomic E-state index is -0.759. The summed E-state index contributed by atoms with van der Waals surface area (Å²) in [6.07, 6.45) is 36.7. The second-order valence-corrected chi connectivity index (χ2v) is 16.6. The van der Waals surface area contributed by atoms with Crippen LogP contribution >= 0.6 is 0 Å². The average Bonchev–Trinajstić information content (AvgIpc) is 3.11. The lowest BCUT2D eigenvalue weighted by atomic mass is 10.0. The largest absolute Gasteiger partial charge is 0.462 e. The van der Waals surface area contributed by atoms with Gasteiger partial charge >= 0.3 is 17.9 Å². The second-order valence-electron chi connectivity index (χ2n) is 16.6. The van der Waals surface area contributed by atoms with Crippen molar-refractivity contribution in [2.24, 2.45) is 11.8 Å². The van der Waals surface area contributed by atoms with Gasteiger partial charge in [0.25, 0.3) is 0 Å². The highest BCUT2D eigenvalue weighted by Crippen LogP contribution is 2.16. The molecule has 0 aliphatic carbocycles. The van der Waals surface area contributed by atoms with Gasteiger partial charge in [0.05, 0.1) is 0 Å². The van der Waals surface area contributed by atoms with E-state index in [-0.39, 0.29) is 31.1 Å². The molecule has 0 heterocycles. The van der Waals surface area contributed by atoms with Crippen LogP contribution in [0.5, 0.6) is 0 Å². The summed E-state index contributed by atoms with van der Waals surface area (Å²) in [6.45, 7) is 11.3. The SMILES string of the molecule is CCCCCCCCCCCC(=O)O[C@@H](COC(=O)CCCCCCCCCCCCCCCC(C)C)COC(=O)CCCCCCCCC(C)C. The normalized spacial score (nSPS) is 12.1. The lowest BCUT2D eigenvalue weighted by molar-refractivity contribution is -0.167. The Kier molecular flexibility index (Phi) is 37.9. The summed E-state index contributed by atoms with van der Waals surface area (Å²) in [5.74, 6) is 0.739. The van der Waals surface area contributed by atoms with Crippen molar-refractivity contribution in [2.45, 2.75) is 253 Å². The minimum absolute atomic E-state index is 0.0655. The molecule has 0 spiro atoms. The van der Waals surface area contributed by atoms with E-state index in [1.807, 2.05) is 0 Å². The number of carbonyl (C=O) groups excluding carboxylic acids is 3. The maximum atomic E-state index is 12.6. The zero-order valence-electron chi connectivity index (χ0n) is 35.4. The summed E-state index contributed by atoms with van der Waals surface area (Å²) in [7, 11) is 0. The number of esters is 3. The highest BCUT2D eigenvalue weighted by Gasteiger charge is 2.19. The van der Waals surface area contributed by atoms with Gasteiger partial charge in [0.2, 0.25) is 0 Å². The molecule has 0 aliphatic rings. The Morgan fingerprint density at radius 3 is 0.942 bits per heavy atom. The van der Waals surface area contributed by atoms with E-state index in [1.54, 1.807) is 0 Å². The van der Waals surface area contributed by atoms with Gasteiger partial charge in [-0.3, -0.25) is 14.4 Å². The molecule has 0 saturated heterocycles. The van der Waals surface area contributed by atoms with E-state index in [2.05, 4.69) is 34.6 Å². The third-order valence-corrected chi connectivity index (χ3v) is 10.2. The van der Waals surface area contributed by atoms with E-state index >= 15 is 0 Å². The second kappa shape index (κ2) is 39.1. The van der Waals surface area contributed by atoms with Crippen molar-refractivity contribution in [3.05, 3.63) is 0 Å². The summed E-state index contributed by atoms with van der Waals surface area (Å²) >= 11 is 0. The molecule has 0 bridgehead atoms. The van der Waals surface area contributed by atoms with E-state index in [0.29, 0.717) is 19.3 Å². The number of rotatable bonds is 40. The van der Waals surface area contributed by atoms with Gasteiger partial charge in [0.1, 0.15) is 13.2 Å². The van der Waals surface area contributed by atoms with Crippen LogP contribution < -0.4 is 0 Å². The van der Waals surface area contributed by atoms with Crippen molar-refractivity contribution in [3.63, 3.8) is 0 Å². The maximum Gasteiger partial charge on any atom is 0.306 e. The molecule has 0 unspecified atom stereocenters. The van der Waals surface area contributed by atoms with Gasteiger partial charge in [-0.05, 0) is 31.1 Å². The highest BCUT2D eigenvalue weighted by atomic mass is 16.6. The van der Waals surface area contributed by atoms with Crippen LogP contribution in [-0.4, -0.2) is 37.2 Å². The van der Waals surface area contributed by atoms with Crippen LogP contribution in [0.1, 0.15) is 247 Å². The van der Waals surface area contributed by atoms with Gasteiger partial charge in [-0.2, -0.15) is 0 Å². The van der Waals surface area contributed by atoms with Crippen LogP contribution in [0.15, 0.2) is 0 Å². The molecule has 6 nitrogen and oxygen atoms in total. The van der Waals surface area contributed by atoms with Crippen molar-refractivity contribution in [1.82, 2.24) is 0 Å². The van der Waals surface area contributed by atoms with Crippen molar-refractivity contribution < 1.29 is 28.6 Å². The van der Waals surface area contributed by atoms with E-state index in [4.69, 9.17) is 14.2 Å². The van der Waals surface area contributed by atoms with Crippen LogP contribution in [0.25, 0.3) is 0 Å². The number of unbranched alkanes of at least 4 members (excludes halogenated alkanes) is 25. The molecule has 0 aromatic heterocycles. The lowest BCUT2D eigenvalue weighted by Gasteiger charge is -2.18. The summed E-state index contributed by atoms with van der Waals surface area (Å²) in [6, 6.07) is 0. The first-order valence-electron chi connectivity index (χ1n) is 22.7. The number of ether oxygens (including phenoxy) is 3. The Morgan fingerprint density at radius 1 is 0.365 bits per heavy atom. The predicted molar refractivity (Wildman–Crippen MR) is 220 cm³/mol. The van der Waals surface area contributed by atoms with Crippen molar-refractivity contribution in [3.8, 4) is 0 Å². The van der Waals surface area contributed by atoms with Crippen molar-refractivity contribution in [1.29, 1.82) is 0 Å². The van der Waals surface area contributed by atoms with E-state index in [1.165, 1.54) is 135 Å². The molecule has 0 saturated carbocycles.